The third kappa shape index (κ3) is 3.29. The number of hydrogen-bond donors (Lipinski definition) is 0. The number of benzene rings is 3. The lowest BCUT2D eigenvalue weighted by molar-refractivity contribution is 0.0526. The first-order valence-electron chi connectivity index (χ1n) is 7.49. The summed E-state index contributed by atoms with van der Waals surface area (Å²) in [5, 5.41) is 2.38. The molecule has 0 fully saturated rings. The molecule has 112 valence electrons. The van der Waals surface area contributed by atoms with Crippen LogP contribution in [0.15, 0.2) is 66.7 Å². The molecule has 0 spiro atoms. The predicted octanol–water partition coefficient (Wildman–Crippen LogP) is 5.13. The van der Waals surface area contributed by atoms with Crippen LogP contribution in [0.1, 0.15) is 24.2 Å². The second kappa shape index (κ2) is 6.63. The molecule has 0 bridgehead atoms. The first-order chi connectivity index (χ1) is 10.8. The molecule has 3 rings (SSSR count). The minimum absolute atomic E-state index is 0.0618. The van der Waals surface area contributed by atoms with E-state index in [9.17, 15) is 0 Å². The first kappa shape index (κ1) is 14.6. The van der Waals surface area contributed by atoms with Gasteiger partial charge in [-0.15, -0.1) is 0 Å². The van der Waals surface area contributed by atoms with Crippen LogP contribution >= 0.6 is 0 Å². The normalized spacial score (nSPS) is 12.3. The molecule has 0 amide bonds. The van der Waals surface area contributed by atoms with Gasteiger partial charge in [-0.25, -0.2) is 0 Å². The summed E-state index contributed by atoms with van der Waals surface area (Å²) in [7, 11) is 1.69. The zero-order valence-electron chi connectivity index (χ0n) is 13.0. The summed E-state index contributed by atoms with van der Waals surface area (Å²) in [5.74, 6) is 0.883. The molecule has 3 aromatic rings. The molecule has 0 saturated carbocycles. The molecule has 0 heterocycles. The molecule has 3 aromatic carbocycles. The minimum atomic E-state index is 0.0618. The van der Waals surface area contributed by atoms with Crippen molar-refractivity contribution in [3.05, 3.63) is 77.9 Å². The van der Waals surface area contributed by atoms with Crippen LogP contribution in [-0.4, -0.2) is 7.11 Å². The van der Waals surface area contributed by atoms with Crippen molar-refractivity contribution in [3.63, 3.8) is 0 Å². The van der Waals surface area contributed by atoms with Gasteiger partial charge in [-0.2, -0.15) is 0 Å². The van der Waals surface area contributed by atoms with E-state index in [0.717, 1.165) is 5.75 Å². The van der Waals surface area contributed by atoms with Crippen LogP contribution in [0.2, 0.25) is 0 Å². The molecule has 0 radical (unpaired) electrons. The maximum atomic E-state index is 5.98. The third-order valence-corrected chi connectivity index (χ3v) is 3.88. The van der Waals surface area contributed by atoms with E-state index in [1.54, 1.807) is 7.11 Å². The Morgan fingerprint density at radius 1 is 0.864 bits per heavy atom. The van der Waals surface area contributed by atoms with Gasteiger partial charge in [-0.05, 0) is 47.0 Å². The highest BCUT2D eigenvalue weighted by Crippen LogP contribution is 2.26. The van der Waals surface area contributed by atoms with E-state index >= 15 is 0 Å². The topological polar surface area (TPSA) is 18.5 Å². The lowest BCUT2D eigenvalue weighted by Gasteiger charge is -2.14. The zero-order valence-corrected chi connectivity index (χ0v) is 13.0. The van der Waals surface area contributed by atoms with Gasteiger partial charge in [0.1, 0.15) is 5.75 Å². The molecule has 0 aliphatic heterocycles. The Labute approximate surface area is 131 Å². The highest BCUT2D eigenvalue weighted by molar-refractivity contribution is 5.84. The third-order valence-electron chi connectivity index (χ3n) is 3.88. The van der Waals surface area contributed by atoms with Crippen LogP contribution < -0.4 is 4.74 Å². The van der Waals surface area contributed by atoms with E-state index in [4.69, 9.17) is 9.47 Å². The quantitative estimate of drug-likeness (QED) is 0.649. The average Bonchev–Trinajstić information content (AvgIpc) is 2.59. The summed E-state index contributed by atoms with van der Waals surface area (Å²) in [6, 6.07) is 22.8. The Kier molecular flexibility index (Phi) is 4.40. The van der Waals surface area contributed by atoms with Gasteiger partial charge in [0.05, 0.1) is 19.8 Å². The van der Waals surface area contributed by atoms with Gasteiger partial charge in [0.25, 0.3) is 0 Å². The molecule has 0 aliphatic carbocycles. The summed E-state index contributed by atoms with van der Waals surface area (Å²) in [5.41, 5.74) is 2.38. The fourth-order valence-electron chi connectivity index (χ4n) is 2.51. The van der Waals surface area contributed by atoms with Crippen molar-refractivity contribution < 1.29 is 9.47 Å². The van der Waals surface area contributed by atoms with Gasteiger partial charge in [-0.1, -0.05) is 48.5 Å². The van der Waals surface area contributed by atoms with Crippen LogP contribution in [-0.2, 0) is 11.3 Å². The Balaban J connectivity index is 1.75. The van der Waals surface area contributed by atoms with Crippen molar-refractivity contribution in [1.29, 1.82) is 0 Å². The van der Waals surface area contributed by atoms with Crippen LogP contribution in [0, 0.1) is 0 Å². The SMILES string of the molecule is COc1ccc2cc(C(C)OCc3ccccc3)ccc2c1. The van der Waals surface area contributed by atoms with Crippen LogP contribution in [0.4, 0.5) is 0 Å². The first-order valence-corrected chi connectivity index (χ1v) is 7.49. The van der Waals surface area contributed by atoms with Gasteiger partial charge in [0, 0.05) is 0 Å². The van der Waals surface area contributed by atoms with Crippen LogP contribution in [0.5, 0.6) is 5.75 Å². The average molecular weight is 292 g/mol. The Morgan fingerprint density at radius 3 is 2.36 bits per heavy atom. The maximum absolute atomic E-state index is 5.98. The lowest BCUT2D eigenvalue weighted by Crippen LogP contribution is -2.00. The predicted molar refractivity (Wildman–Crippen MR) is 90.1 cm³/mol. The van der Waals surface area contributed by atoms with Crippen molar-refractivity contribution >= 4 is 10.8 Å². The summed E-state index contributed by atoms with van der Waals surface area (Å²) in [4.78, 5) is 0. The number of methoxy groups -OCH3 is 1. The highest BCUT2D eigenvalue weighted by Gasteiger charge is 2.07. The summed E-state index contributed by atoms with van der Waals surface area (Å²) >= 11 is 0. The zero-order chi connectivity index (χ0) is 15.4. The maximum Gasteiger partial charge on any atom is 0.119 e. The lowest BCUT2D eigenvalue weighted by atomic mass is 10.0. The van der Waals surface area contributed by atoms with Crippen LogP contribution in [0.25, 0.3) is 10.8 Å². The Morgan fingerprint density at radius 2 is 1.59 bits per heavy atom. The number of rotatable bonds is 5. The van der Waals surface area contributed by atoms with E-state index < -0.39 is 0 Å². The Hall–Kier alpha value is -2.32. The second-order valence-corrected chi connectivity index (χ2v) is 5.41. The molecule has 1 unspecified atom stereocenters. The van der Waals surface area contributed by atoms with Gasteiger partial charge < -0.3 is 9.47 Å². The van der Waals surface area contributed by atoms with E-state index in [1.807, 2.05) is 24.3 Å². The molecule has 0 aromatic heterocycles. The summed E-state index contributed by atoms with van der Waals surface area (Å²) in [6.45, 7) is 2.72. The van der Waals surface area contributed by atoms with Crippen molar-refractivity contribution in [1.82, 2.24) is 0 Å². The highest BCUT2D eigenvalue weighted by atomic mass is 16.5. The van der Waals surface area contributed by atoms with E-state index in [0.29, 0.717) is 6.61 Å². The van der Waals surface area contributed by atoms with Gasteiger partial charge in [0.2, 0.25) is 0 Å². The molecule has 1 atom stereocenters. The fraction of sp³-hybridized carbons (Fsp3) is 0.200. The van der Waals surface area contributed by atoms with E-state index in [1.165, 1.54) is 21.9 Å². The Bertz CT molecular complexity index is 750. The number of hydrogen-bond acceptors (Lipinski definition) is 2. The minimum Gasteiger partial charge on any atom is -0.497 e. The molecule has 0 saturated heterocycles. The summed E-state index contributed by atoms with van der Waals surface area (Å²) in [6.07, 6.45) is 0.0618. The van der Waals surface area contributed by atoms with Crippen molar-refractivity contribution in [2.24, 2.45) is 0 Å². The van der Waals surface area contributed by atoms with Crippen molar-refractivity contribution in [3.8, 4) is 5.75 Å². The molecular formula is C20H20O2. The van der Waals surface area contributed by atoms with Crippen LogP contribution in [0.3, 0.4) is 0 Å². The molecule has 0 aliphatic rings. The molecule has 2 heteroatoms. The molecule has 22 heavy (non-hydrogen) atoms. The number of fused-ring (bicyclic) bond motifs is 1. The number of ether oxygens (including phenoxy) is 2. The molecular weight excluding hydrogens is 272 g/mol. The van der Waals surface area contributed by atoms with Crippen molar-refractivity contribution in [2.75, 3.05) is 7.11 Å². The fourth-order valence-corrected chi connectivity index (χ4v) is 2.51. The molecule has 0 N–H and O–H groups in total. The second-order valence-electron chi connectivity index (χ2n) is 5.41. The molecule has 2 nitrogen and oxygen atoms in total. The van der Waals surface area contributed by atoms with Gasteiger partial charge in [0.15, 0.2) is 0 Å². The van der Waals surface area contributed by atoms with Gasteiger partial charge in [-0.3, -0.25) is 0 Å². The standard InChI is InChI=1S/C20H20O2/c1-15(22-14-16-6-4-3-5-7-16)17-8-9-19-13-20(21-2)11-10-18(19)12-17/h3-13,15H,14H2,1-2H3. The smallest absolute Gasteiger partial charge is 0.119 e. The monoisotopic (exact) mass is 292 g/mol. The largest absolute Gasteiger partial charge is 0.497 e. The summed E-state index contributed by atoms with van der Waals surface area (Å²) < 4.78 is 11.2. The van der Waals surface area contributed by atoms with E-state index in [2.05, 4.69) is 49.4 Å². The van der Waals surface area contributed by atoms with Crippen molar-refractivity contribution in [2.45, 2.75) is 19.6 Å². The van der Waals surface area contributed by atoms with E-state index in [-0.39, 0.29) is 6.10 Å². The van der Waals surface area contributed by atoms with Gasteiger partial charge >= 0.3 is 0 Å².